The first-order valence-electron chi connectivity index (χ1n) is 8.75. The summed E-state index contributed by atoms with van der Waals surface area (Å²) in [6.45, 7) is 4.26. The van der Waals surface area contributed by atoms with Gasteiger partial charge in [-0.2, -0.15) is 0 Å². The van der Waals surface area contributed by atoms with Crippen molar-refractivity contribution < 1.29 is 0 Å². The molecule has 0 spiro atoms. The van der Waals surface area contributed by atoms with E-state index in [4.69, 9.17) is 0 Å². The van der Waals surface area contributed by atoms with Gasteiger partial charge in [0.15, 0.2) is 0 Å². The molecule has 2 heterocycles. The Kier molecular flexibility index (Phi) is 5.38. The van der Waals surface area contributed by atoms with E-state index < -0.39 is 0 Å². The Balaban J connectivity index is 1.85. The van der Waals surface area contributed by atoms with E-state index in [2.05, 4.69) is 29.1 Å². The summed E-state index contributed by atoms with van der Waals surface area (Å²) in [5.41, 5.74) is 2.31. The number of aromatic nitrogens is 5. The van der Waals surface area contributed by atoms with E-state index in [1.807, 2.05) is 24.3 Å². The monoisotopic (exact) mass is 337 g/mol. The maximum Gasteiger partial charge on any atom is 0.277 e. The van der Waals surface area contributed by atoms with Crippen LogP contribution in [-0.4, -0.2) is 24.5 Å². The van der Waals surface area contributed by atoms with Crippen molar-refractivity contribution in [3.8, 4) is 11.4 Å². The molecule has 3 aromatic rings. The van der Waals surface area contributed by atoms with Crippen molar-refractivity contribution in [3.05, 3.63) is 65.1 Å². The molecule has 25 heavy (non-hydrogen) atoms. The zero-order valence-electron chi connectivity index (χ0n) is 14.7. The highest BCUT2D eigenvalue weighted by atomic mass is 16.1. The lowest BCUT2D eigenvalue weighted by atomic mass is 10.00. The van der Waals surface area contributed by atoms with Crippen molar-refractivity contribution in [2.75, 3.05) is 0 Å². The summed E-state index contributed by atoms with van der Waals surface area (Å²) in [6, 6.07) is 7.65. The van der Waals surface area contributed by atoms with Crippen LogP contribution < -0.4 is 5.56 Å². The van der Waals surface area contributed by atoms with Gasteiger partial charge in [0.2, 0.25) is 0 Å². The lowest BCUT2D eigenvalue weighted by Crippen LogP contribution is -2.24. The number of nitrogens with zero attached hydrogens (tertiary/aromatic N) is 5. The van der Waals surface area contributed by atoms with Gasteiger partial charge in [-0.05, 0) is 30.7 Å². The Hall–Kier alpha value is -2.76. The molecule has 0 radical (unpaired) electrons. The molecule has 0 fully saturated rings. The molecule has 1 aromatic carbocycles. The van der Waals surface area contributed by atoms with Crippen molar-refractivity contribution in [2.24, 2.45) is 0 Å². The second-order valence-corrected chi connectivity index (χ2v) is 6.25. The average Bonchev–Trinajstić information content (AvgIpc) is 3.17. The fourth-order valence-electron chi connectivity index (χ4n) is 2.92. The second kappa shape index (κ2) is 7.88. The van der Waals surface area contributed by atoms with Crippen molar-refractivity contribution in [1.29, 1.82) is 0 Å². The molecule has 1 unspecified atom stereocenters. The SMILES string of the molecule is CCCCCC(C)c1nccn(-c2ccc(-n3ccnn3)cc2)c1=O. The van der Waals surface area contributed by atoms with Crippen molar-refractivity contribution in [2.45, 2.75) is 45.4 Å². The molecule has 3 rings (SSSR count). The summed E-state index contributed by atoms with van der Waals surface area (Å²) in [5.74, 6) is 0.168. The van der Waals surface area contributed by atoms with Gasteiger partial charge < -0.3 is 0 Å². The van der Waals surface area contributed by atoms with Gasteiger partial charge in [-0.1, -0.05) is 38.3 Å². The fourth-order valence-corrected chi connectivity index (χ4v) is 2.92. The third-order valence-corrected chi connectivity index (χ3v) is 4.39. The lowest BCUT2D eigenvalue weighted by Gasteiger charge is -2.13. The van der Waals surface area contributed by atoms with E-state index in [9.17, 15) is 4.79 Å². The quantitative estimate of drug-likeness (QED) is 0.619. The molecule has 130 valence electrons. The predicted octanol–water partition coefficient (Wildman–Crippen LogP) is 3.50. The average molecular weight is 337 g/mol. The van der Waals surface area contributed by atoms with E-state index in [0.717, 1.165) is 24.2 Å². The summed E-state index contributed by atoms with van der Waals surface area (Å²) in [5, 5.41) is 7.77. The summed E-state index contributed by atoms with van der Waals surface area (Å²) in [7, 11) is 0. The summed E-state index contributed by atoms with van der Waals surface area (Å²) >= 11 is 0. The van der Waals surface area contributed by atoms with Gasteiger partial charge in [-0.25, -0.2) is 4.68 Å². The number of hydrogen-bond acceptors (Lipinski definition) is 4. The van der Waals surface area contributed by atoms with Crippen LogP contribution in [0.4, 0.5) is 0 Å². The maximum atomic E-state index is 12.8. The largest absolute Gasteiger partial charge is 0.281 e. The molecule has 2 aromatic heterocycles. The molecule has 0 aliphatic rings. The number of hydrogen-bond donors (Lipinski definition) is 0. The van der Waals surface area contributed by atoms with E-state index in [-0.39, 0.29) is 11.5 Å². The van der Waals surface area contributed by atoms with E-state index >= 15 is 0 Å². The Morgan fingerprint density at radius 3 is 2.48 bits per heavy atom. The predicted molar refractivity (Wildman–Crippen MR) is 97.3 cm³/mol. The second-order valence-electron chi connectivity index (χ2n) is 6.25. The normalized spacial score (nSPS) is 12.2. The summed E-state index contributed by atoms with van der Waals surface area (Å²) in [6.07, 6.45) is 11.3. The first-order valence-corrected chi connectivity index (χ1v) is 8.75. The van der Waals surface area contributed by atoms with Crippen LogP contribution in [0.15, 0.2) is 53.8 Å². The first-order chi connectivity index (χ1) is 12.2. The zero-order chi connectivity index (χ0) is 17.6. The van der Waals surface area contributed by atoms with Crippen LogP contribution >= 0.6 is 0 Å². The number of rotatable bonds is 7. The van der Waals surface area contributed by atoms with Crippen LogP contribution in [0.2, 0.25) is 0 Å². The Bertz CT molecular complexity index is 852. The molecular formula is C19H23N5O. The van der Waals surface area contributed by atoms with Crippen molar-refractivity contribution >= 4 is 0 Å². The molecule has 6 nitrogen and oxygen atoms in total. The van der Waals surface area contributed by atoms with Crippen molar-refractivity contribution in [1.82, 2.24) is 24.5 Å². The van der Waals surface area contributed by atoms with Crippen molar-refractivity contribution in [3.63, 3.8) is 0 Å². The van der Waals surface area contributed by atoms with Gasteiger partial charge in [-0.15, -0.1) is 5.10 Å². The third-order valence-electron chi connectivity index (χ3n) is 4.39. The van der Waals surface area contributed by atoms with Crippen LogP contribution in [0.3, 0.4) is 0 Å². The molecular weight excluding hydrogens is 314 g/mol. The smallest absolute Gasteiger partial charge is 0.277 e. The zero-order valence-corrected chi connectivity index (χ0v) is 14.7. The Morgan fingerprint density at radius 2 is 1.80 bits per heavy atom. The fraction of sp³-hybridized carbons (Fsp3) is 0.368. The molecule has 6 heteroatoms. The van der Waals surface area contributed by atoms with E-state index in [1.54, 1.807) is 34.0 Å². The number of unbranched alkanes of at least 4 members (excludes halogenated alkanes) is 2. The maximum absolute atomic E-state index is 12.8. The van der Waals surface area contributed by atoms with Crippen LogP contribution in [-0.2, 0) is 0 Å². The minimum Gasteiger partial charge on any atom is -0.281 e. The van der Waals surface area contributed by atoms with E-state index in [0.29, 0.717) is 5.69 Å². The van der Waals surface area contributed by atoms with Crippen LogP contribution in [0.25, 0.3) is 11.4 Å². The highest BCUT2D eigenvalue weighted by molar-refractivity contribution is 5.41. The molecule has 0 aliphatic carbocycles. The van der Waals surface area contributed by atoms with Gasteiger partial charge in [-0.3, -0.25) is 14.3 Å². The molecule has 0 amide bonds. The Morgan fingerprint density at radius 1 is 1.04 bits per heavy atom. The molecule has 0 bridgehead atoms. The molecule has 0 aliphatic heterocycles. The lowest BCUT2D eigenvalue weighted by molar-refractivity contribution is 0.580. The highest BCUT2D eigenvalue weighted by Gasteiger charge is 2.13. The molecule has 1 atom stereocenters. The van der Waals surface area contributed by atoms with Crippen LogP contribution in [0, 0.1) is 0 Å². The first kappa shape index (κ1) is 17.1. The summed E-state index contributed by atoms with van der Waals surface area (Å²) < 4.78 is 3.34. The van der Waals surface area contributed by atoms with Crippen LogP contribution in [0.1, 0.15) is 51.1 Å². The molecule has 0 N–H and O–H groups in total. The summed E-state index contributed by atoms with van der Waals surface area (Å²) in [4.78, 5) is 17.2. The topological polar surface area (TPSA) is 65.6 Å². The van der Waals surface area contributed by atoms with Gasteiger partial charge in [0.05, 0.1) is 18.1 Å². The third kappa shape index (κ3) is 3.84. The van der Waals surface area contributed by atoms with Gasteiger partial charge >= 0.3 is 0 Å². The highest BCUT2D eigenvalue weighted by Crippen LogP contribution is 2.18. The standard InChI is InChI=1S/C19H23N5O/c1-3-4-5-6-15(2)18-19(25)23(13-11-20-18)16-7-9-17(10-8-16)24-14-12-21-22-24/h7-15H,3-6H2,1-2H3. The van der Waals surface area contributed by atoms with Gasteiger partial charge in [0, 0.05) is 24.0 Å². The minimum atomic E-state index is -0.0417. The molecule has 0 saturated heterocycles. The van der Waals surface area contributed by atoms with Gasteiger partial charge in [0.1, 0.15) is 5.69 Å². The van der Waals surface area contributed by atoms with Gasteiger partial charge in [0.25, 0.3) is 5.56 Å². The Labute approximate surface area is 147 Å². The van der Waals surface area contributed by atoms with Crippen LogP contribution in [0.5, 0.6) is 0 Å². The number of benzene rings is 1. The van der Waals surface area contributed by atoms with E-state index in [1.165, 1.54) is 12.8 Å². The minimum absolute atomic E-state index is 0.0417. The molecule has 0 saturated carbocycles.